The number of rotatable bonds is 4. The summed E-state index contributed by atoms with van der Waals surface area (Å²) in [5.74, 6) is -1.24. The van der Waals surface area contributed by atoms with Gasteiger partial charge in [-0.2, -0.15) is 0 Å². The maximum atomic E-state index is 12.3. The topological polar surface area (TPSA) is 63.7 Å². The molecule has 0 bridgehead atoms. The van der Waals surface area contributed by atoms with E-state index in [1.54, 1.807) is 13.8 Å². The molecule has 0 aromatic carbocycles. The van der Waals surface area contributed by atoms with Crippen molar-refractivity contribution < 1.29 is 19.1 Å². The minimum absolute atomic E-state index is 0.0116. The molecule has 1 heterocycles. The Morgan fingerprint density at radius 2 is 1.83 bits per heavy atom. The number of esters is 1. The van der Waals surface area contributed by atoms with Crippen LogP contribution in [0.2, 0.25) is 0 Å². The number of β-lactam (4-membered cyclic amide) rings is 1. The average molecular weight is 532 g/mol. The van der Waals surface area contributed by atoms with Gasteiger partial charge in [-0.3, -0.25) is 14.5 Å². The number of amides is 1. The van der Waals surface area contributed by atoms with Crippen LogP contribution < -0.4 is 0 Å². The van der Waals surface area contributed by atoms with Crippen molar-refractivity contribution in [1.82, 2.24) is 4.90 Å². The van der Waals surface area contributed by atoms with Crippen molar-refractivity contribution >= 4 is 95.4 Å². The molecule has 0 N–H and O–H groups in total. The van der Waals surface area contributed by atoms with Crippen LogP contribution in [0.4, 0.5) is 0 Å². The zero-order chi connectivity index (χ0) is 18.2. The summed E-state index contributed by atoms with van der Waals surface area (Å²) in [7, 11) is 0. The molecule has 0 unspecified atom stereocenters. The lowest BCUT2D eigenvalue weighted by Crippen LogP contribution is -2.66. The van der Waals surface area contributed by atoms with Crippen LogP contribution in [0.3, 0.4) is 0 Å². The third-order valence-corrected chi connectivity index (χ3v) is 6.20. The van der Waals surface area contributed by atoms with E-state index in [4.69, 9.17) is 39.5 Å². The van der Waals surface area contributed by atoms with E-state index in [1.807, 2.05) is 0 Å². The van der Waals surface area contributed by atoms with Gasteiger partial charge in [0.1, 0.15) is 17.7 Å². The van der Waals surface area contributed by atoms with Crippen LogP contribution >= 0.6 is 78.4 Å². The molecule has 1 aliphatic heterocycles. The molecular formula is C12H12Br2Cl3NO4S. The lowest BCUT2D eigenvalue weighted by Gasteiger charge is -2.49. The molecule has 1 aliphatic rings. The Bertz CT molecular complexity index is 573. The first kappa shape index (κ1) is 21.6. The molecule has 11 heteroatoms. The highest BCUT2D eigenvalue weighted by atomic mass is 79.9. The van der Waals surface area contributed by atoms with Gasteiger partial charge in [-0.1, -0.05) is 78.4 Å². The smallest absolute Gasteiger partial charge is 0.355 e. The average Bonchev–Trinajstić information content (AvgIpc) is 2.38. The second kappa shape index (κ2) is 7.83. The van der Waals surface area contributed by atoms with Gasteiger partial charge < -0.3 is 4.74 Å². The molecule has 130 valence electrons. The molecule has 0 aromatic heterocycles. The summed E-state index contributed by atoms with van der Waals surface area (Å²) in [6.07, 6.45) is 0. The van der Waals surface area contributed by atoms with Gasteiger partial charge in [0.2, 0.25) is 3.79 Å². The fourth-order valence-electron chi connectivity index (χ4n) is 1.73. The Hall–Kier alpha value is 0.530. The molecule has 0 aliphatic carbocycles. The molecule has 1 saturated heterocycles. The summed E-state index contributed by atoms with van der Waals surface area (Å²) in [6, 6.07) is 0. The summed E-state index contributed by atoms with van der Waals surface area (Å²) in [5, 5.41) is -0.865. The molecule has 0 spiro atoms. The Balaban J connectivity index is 3.06. The fraction of sp³-hybridized carbons (Fsp3) is 0.583. The van der Waals surface area contributed by atoms with E-state index in [0.29, 0.717) is 5.57 Å². The number of ether oxygens (including phenoxy) is 1. The van der Waals surface area contributed by atoms with Gasteiger partial charge in [-0.25, -0.2) is 4.79 Å². The van der Waals surface area contributed by atoms with Crippen LogP contribution in [0.15, 0.2) is 11.3 Å². The Morgan fingerprint density at radius 3 is 2.22 bits per heavy atom. The molecule has 0 aromatic rings. The van der Waals surface area contributed by atoms with Crippen LogP contribution in [0.1, 0.15) is 20.8 Å². The molecular weight excluding hydrogens is 520 g/mol. The first-order valence-corrected chi connectivity index (χ1v) is 9.69. The van der Waals surface area contributed by atoms with Crippen molar-refractivity contribution in [3.05, 3.63) is 11.3 Å². The molecule has 1 atom stereocenters. The zero-order valence-electron chi connectivity index (χ0n) is 12.2. The van der Waals surface area contributed by atoms with Crippen molar-refractivity contribution in [1.29, 1.82) is 0 Å². The fourth-order valence-corrected chi connectivity index (χ4v) is 4.12. The van der Waals surface area contributed by atoms with E-state index in [0.717, 1.165) is 11.8 Å². The number of halogens is 5. The first-order valence-electron chi connectivity index (χ1n) is 6.09. The number of thioether (sulfide) groups is 1. The van der Waals surface area contributed by atoms with Crippen LogP contribution in [0.25, 0.3) is 0 Å². The molecule has 0 radical (unpaired) electrons. The van der Waals surface area contributed by atoms with E-state index in [1.165, 1.54) is 11.8 Å². The summed E-state index contributed by atoms with van der Waals surface area (Å²) >= 11 is 24.0. The van der Waals surface area contributed by atoms with Gasteiger partial charge in [-0.05, 0) is 19.4 Å². The van der Waals surface area contributed by atoms with Gasteiger partial charge in [0.05, 0.1) is 0 Å². The Morgan fingerprint density at radius 1 is 1.30 bits per heavy atom. The summed E-state index contributed by atoms with van der Waals surface area (Å²) in [4.78, 5) is 37.2. The van der Waals surface area contributed by atoms with Crippen molar-refractivity contribution in [3.63, 3.8) is 0 Å². The highest BCUT2D eigenvalue weighted by Crippen LogP contribution is 2.51. The second-order valence-electron chi connectivity index (χ2n) is 4.80. The van der Waals surface area contributed by atoms with Crippen molar-refractivity contribution in [3.8, 4) is 0 Å². The van der Waals surface area contributed by atoms with E-state index in [2.05, 4.69) is 31.9 Å². The Kier molecular flexibility index (Phi) is 7.34. The maximum absolute atomic E-state index is 12.3. The summed E-state index contributed by atoms with van der Waals surface area (Å²) in [5.41, 5.74) is 0.537. The van der Waals surface area contributed by atoms with Gasteiger partial charge in [-0.15, -0.1) is 0 Å². The molecule has 1 amide bonds. The quantitative estimate of drug-likeness (QED) is 0.236. The van der Waals surface area contributed by atoms with E-state index in [9.17, 15) is 14.4 Å². The van der Waals surface area contributed by atoms with Gasteiger partial charge in [0, 0.05) is 6.92 Å². The molecule has 1 rings (SSSR count). The highest BCUT2D eigenvalue weighted by molar-refractivity contribution is 9.26. The predicted octanol–water partition coefficient (Wildman–Crippen LogP) is 4.13. The number of carbonyl (C=O) groups is 3. The number of alkyl halides is 5. The number of hydrogen-bond donors (Lipinski definition) is 0. The number of nitrogens with zero attached hydrogens (tertiary/aromatic N) is 1. The van der Waals surface area contributed by atoms with Crippen molar-refractivity contribution in [2.75, 3.05) is 6.61 Å². The van der Waals surface area contributed by atoms with Crippen molar-refractivity contribution in [2.24, 2.45) is 0 Å². The monoisotopic (exact) mass is 529 g/mol. The third-order valence-electron chi connectivity index (χ3n) is 2.60. The standard InChI is InChI=1S/C12H12Br2Cl3NO4S/c1-5(2)7(8(20)22-4-11(15,16)17)18-9(21)12(13,14)10(18)23-6(3)19/h10H,4H2,1-3H3/t10-/m1/s1. The Labute approximate surface area is 169 Å². The number of hydrogen-bond acceptors (Lipinski definition) is 5. The lowest BCUT2D eigenvalue weighted by molar-refractivity contribution is -0.149. The summed E-state index contributed by atoms with van der Waals surface area (Å²) < 4.78 is 2.05. The van der Waals surface area contributed by atoms with Crippen LogP contribution in [0.5, 0.6) is 0 Å². The van der Waals surface area contributed by atoms with E-state index >= 15 is 0 Å². The largest absolute Gasteiger partial charge is 0.456 e. The van der Waals surface area contributed by atoms with Crippen molar-refractivity contribution in [2.45, 2.75) is 33.2 Å². The maximum Gasteiger partial charge on any atom is 0.355 e. The van der Waals surface area contributed by atoms with E-state index < -0.39 is 30.9 Å². The van der Waals surface area contributed by atoms with Gasteiger partial charge in [0.25, 0.3) is 5.91 Å². The molecule has 23 heavy (non-hydrogen) atoms. The van der Waals surface area contributed by atoms with Crippen LogP contribution in [0, 0.1) is 0 Å². The lowest BCUT2D eigenvalue weighted by atomic mass is 10.1. The van der Waals surface area contributed by atoms with Crippen LogP contribution in [-0.2, 0) is 19.1 Å². The minimum atomic E-state index is -1.76. The number of allylic oxidation sites excluding steroid dienone is 1. The third kappa shape index (κ3) is 5.25. The SMILES string of the molecule is CC(=O)S[C@H]1N(C(C(=O)OCC(Cl)(Cl)Cl)=C(C)C)C(=O)C1(Br)Br. The second-order valence-corrected chi connectivity index (χ2v) is 12.1. The minimum Gasteiger partial charge on any atom is -0.456 e. The molecule has 0 saturated carbocycles. The number of carbonyl (C=O) groups excluding carboxylic acids is 3. The van der Waals surface area contributed by atoms with Gasteiger partial charge >= 0.3 is 5.97 Å². The summed E-state index contributed by atoms with van der Waals surface area (Å²) in [6.45, 7) is 4.17. The predicted molar refractivity (Wildman–Crippen MR) is 99.1 cm³/mol. The van der Waals surface area contributed by atoms with E-state index in [-0.39, 0.29) is 10.8 Å². The zero-order valence-corrected chi connectivity index (χ0v) is 18.4. The normalized spacial score (nSPS) is 19.9. The van der Waals surface area contributed by atoms with Crippen LogP contribution in [-0.4, -0.2) is 40.9 Å². The highest BCUT2D eigenvalue weighted by Gasteiger charge is 2.61. The number of likely N-dealkylation sites (tertiary alicyclic amines) is 1. The molecule has 1 fully saturated rings. The molecule has 5 nitrogen and oxygen atoms in total. The first-order chi connectivity index (χ1) is 10.3. The van der Waals surface area contributed by atoms with Gasteiger partial charge in [0.15, 0.2) is 8.35 Å².